The van der Waals surface area contributed by atoms with Gasteiger partial charge in [0.1, 0.15) is 11.9 Å². The summed E-state index contributed by atoms with van der Waals surface area (Å²) in [6.45, 7) is 5.52. The van der Waals surface area contributed by atoms with Crippen LogP contribution in [0.2, 0.25) is 0 Å². The van der Waals surface area contributed by atoms with Crippen LogP contribution in [0.1, 0.15) is 36.9 Å². The van der Waals surface area contributed by atoms with Crippen molar-refractivity contribution in [2.75, 3.05) is 6.61 Å². The van der Waals surface area contributed by atoms with Crippen molar-refractivity contribution in [2.45, 2.75) is 33.1 Å². The normalized spacial score (nSPS) is 12.6. The molecule has 0 saturated heterocycles. The molecule has 19 heavy (non-hydrogen) atoms. The molecule has 1 aromatic carbocycles. The molecule has 1 atom stereocenters. The Hall–Kier alpha value is -1.65. The Morgan fingerprint density at radius 2 is 1.95 bits per heavy atom. The third-order valence-electron chi connectivity index (χ3n) is 3.09. The summed E-state index contributed by atoms with van der Waals surface area (Å²) in [5.41, 5.74) is 2.11. The molecule has 2 aromatic rings. The van der Waals surface area contributed by atoms with Crippen LogP contribution in [0.4, 0.5) is 0 Å². The van der Waals surface area contributed by atoms with E-state index >= 15 is 0 Å². The molecule has 0 bridgehead atoms. The summed E-state index contributed by atoms with van der Waals surface area (Å²) >= 11 is 0. The summed E-state index contributed by atoms with van der Waals surface area (Å²) in [5.74, 6) is 0.938. The molecule has 1 unspecified atom stereocenters. The van der Waals surface area contributed by atoms with E-state index in [9.17, 15) is 0 Å². The second kappa shape index (κ2) is 6.50. The number of aliphatic hydroxyl groups is 1. The molecule has 1 heterocycles. The molecule has 0 radical (unpaired) electrons. The van der Waals surface area contributed by atoms with E-state index in [1.165, 1.54) is 5.56 Å². The van der Waals surface area contributed by atoms with Gasteiger partial charge in [-0.2, -0.15) is 0 Å². The molecule has 102 valence electrons. The number of aromatic nitrogens is 2. The highest BCUT2D eigenvalue weighted by Gasteiger charge is 2.11. The lowest BCUT2D eigenvalue weighted by molar-refractivity contribution is 0.0677. The number of benzene rings is 1. The summed E-state index contributed by atoms with van der Waals surface area (Å²) in [7, 11) is 0. The molecular formula is C15H20N2O2. The molecule has 0 fully saturated rings. The van der Waals surface area contributed by atoms with E-state index in [-0.39, 0.29) is 12.7 Å². The zero-order chi connectivity index (χ0) is 13.7. The first-order valence-electron chi connectivity index (χ1n) is 6.56. The summed E-state index contributed by atoms with van der Waals surface area (Å²) in [6.07, 6.45) is 3.76. The molecule has 0 aliphatic heterocycles. The van der Waals surface area contributed by atoms with Crippen LogP contribution in [-0.4, -0.2) is 21.3 Å². The van der Waals surface area contributed by atoms with Gasteiger partial charge in [0.15, 0.2) is 0 Å². The first kappa shape index (κ1) is 13.8. The molecule has 1 aromatic heterocycles. The predicted molar refractivity (Wildman–Crippen MR) is 73.7 cm³/mol. The van der Waals surface area contributed by atoms with E-state index in [1.54, 1.807) is 6.20 Å². The number of nitrogens with zero attached hydrogens (tertiary/aromatic N) is 2. The smallest absolute Gasteiger partial charge is 0.137 e. The van der Waals surface area contributed by atoms with Gasteiger partial charge < -0.3 is 14.4 Å². The average Bonchev–Trinajstić information content (AvgIpc) is 2.88. The Kier molecular flexibility index (Phi) is 4.71. The van der Waals surface area contributed by atoms with Gasteiger partial charge >= 0.3 is 0 Å². The Morgan fingerprint density at radius 1 is 1.26 bits per heavy atom. The van der Waals surface area contributed by atoms with Crippen LogP contribution in [0.3, 0.4) is 0 Å². The molecular weight excluding hydrogens is 240 g/mol. The van der Waals surface area contributed by atoms with Crippen LogP contribution in [0, 0.1) is 0 Å². The van der Waals surface area contributed by atoms with E-state index < -0.39 is 0 Å². The lowest BCUT2D eigenvalue weighted by atomic mass is 10.1. The molecule has 0 spiro atoms. The fraction of sp³-hybridized carbons (Fsp3) is 0.400. The van der Waals surface area contributed by atoms with Gasteiger partial charge in [0.25, 0.3) is 0 Å². The number of rotatable bonds is 6. The highest BCUT2D eigenvalue weighted by molar-refractivity contribution is 5.22. The minimum atomic E-state index is -0.00304. The van der Waals surface area contributed by atoms with Gasteiger partial charge in [0.05, 0.1) is 6.61 Å². The van der Waals surface area contributed by atoms with Gasteiger partial charge in [0, 0.05) is 25.5 Å². The molecule has 4 nitrogen and oxygen atoms in total. The molecule has 0 saturated carbocycles. The van der Waals surface area contributed by atoms with Crippen molar-refractivity contribution in [1.82, 2.24) is 9.55 Å². The van der Waals surface area contributed by atoms with Crippen LogP contribution in [0.25, 0.3) is 0 Å². The zero-order valence-electron chi connectivity index (χ0n) is 11.4. The predicted octanol–water partition coefficient (Wildman–Crippen LogP) is 2.52. The fourth-order valence-corrected chi connectivity index (χ4v) is 2.08. The van der Waals surface area contributed by atoms with E-state index in [1.807, 2.05) is 44.3 Å². The molecule has 0 aliphatic rings. The van der Waals surface area contributed by atoms with Crippen molar-refractivity contribution in [2.24, 2.45) is 0 Å². The highest BCUT2D eigenvalue weighted by atomic mass is 16.5. The van der Waals surface area contributed by atoms with Crippen LogP contribution in [0.15, 0.2) is 36.7 Å². The average molecular weight is 260 g/mol. The molecule has 1 N–H and O–H groups in total. The topological polar surface area (TPSA) is 47.3 Å². The maximum absolute atomic E-state index is 9.03. The van der Waals surface area contributed by atoms with Gasteiger partial charge in [-0.3, -0.25) is 0 Å². The second-order valence-corrected chi connectivity index (χ2v) is 4.49. The maximum Gasteiger partial charge on any atom is 0.137 e. The molecule has 2 rings (SSSR count). The van der Waals surface area contributed by atoms with Crippen molar-refractivity contribution < 1.29 is 9.84 Å². The van der Waals surface area contributed by atoms with Crippen molar-refractivity contribution in [3.05, 3.63) is 53.6 Å². The zero-order valence-corrected chi connectivity index (χ0v) is 11.4. The summed E-state index contributed by atoms with van der Waals surface area (Å²) in [6, 6.07) is 7.94. The minimum Gasteiger partial charge on any atom is -0.392 e. The molecule has 0 aliphatic carbocycles. The Labute approximate surface area is 113 Å². The Balaban J connectivity index is 2.12. The lowest BCUT2D eigenvalue weighted by Crippen LogP contribution is -2.10. The molecule has 0 amide bonds. The van der Waals surface area contributed by atoms with Crippen LogP contribution >= 0.6 is 0 Å². The van der Waals surface area contributed by atoms with E-state index in [0.29, 0.717) is 6.61 Å². The van der Waals surface area contributed by atoms with Gasteiger partial charge in [-0.25, -0.2) is 4.98 Å². The minimum absolute atomic E-state index is 0.00304. The first-order valence-corrected chi connectivity index (χ1v) is 6.56. The quantitative estimate of drug-likeness (QED) is 0.868. The first-order chi connectivity index (χ1) is 9.24. The van der Waals surface area contributed by atoms with Crippen molar-refractivity contribution in [3.63, 3.8) is 0 Å². The second-order valence-electron chi connectivity index (χ2n) is 4.49. The third kappa shape index (κ3) is 3.43. The standard InChI is InChI=1S/C15H20N2O2/c1-3-19-12(2)15-16-8-9-17(15)10-13-4-6-14(11-18)7-5-13/h4-9,12,18H,3,10-11H2,1-2H3. The van der Waals surface area contributed by atoms with E-state index in [4.69, 9.17) is 9.84 Å². The number of aliphatic hydroxyl groups excluding tert-OH is 1. The Bertz CT molecular complexity index is 505. The SMILES string of the molecule is CCOC(C)c1nccn1Cc1ccc(CO)cc1. The number of ether oxygens (including phenoxy) is 1. The molecule has 4 heteroatoms. The lowest BCUT2D eigenvalue weighted by Gasteiger charge is -2.14. The Morgan fingerprint density at radius 3 is 2.58 bits per heavy atom. The summed E-state index contributed by atoms with van der Waals surface area (Å²) in [5, 5.41) is 9.03. The number of hydrogen-bond donors (Lipinski definition) is 1. The van der Waals surface area contributed by atoms with Gasteiger partial charge in [-0.15, -0.1) is 0 Å². The summed E-state index contributed by atoms with van der Waals surface area (Å²) in [4.78, 5) is 4.36. The fourth-order valence-electron chi connectivity index (χ4n) is 2.08. The van der Waals surface area contributed by atoms with Crippen molar-refractivity contribution in [1.29, 1.82) is 0 Å². The highest BCUT2D eigenvalue weighted by Crippen LogP contribution is 2.16. The van der Waals surface area contributed by atoms with Gasteiger partial charge in [-0.05, 0) is 25.0 Å². The largest absolute Gasteiger partial charge is 0.392 e. The summed E-state index contributed by atoms with van der Waals surface area (Å²) < 4.78 is 7.68. The van der Waals surface area contributed by atoms with Crippen LogP contribution in [-0.2, 0) is 17.9 Å². The van der Waals surface area contributed by atoms with Crippen molar-refractivity contribution in [3.8, 4) is 0 Å². The van der Waals surface area contributed by atoms with Crippen LogP contribution in [0.5, 0.6) is 0 Å². The van der Waals surface area contributed by atoms with E-state index in [2.05, 4.69) is 9.55 Å². The maximum atomic E-state index is 9.03. The van der Waals surface area contributed by atoms with Crippen molar-refractivity contribution >= 4 is 0 Å². The monoisotopic (exact) mass is 260 g/mol. The number of imidazole rings is 1. The van der Waals surface area contributed by atoms with E-state index in [0.717, 1.165) is 17.9 Å². The third-order valence-corrected chi connectivity index (χ3v) is 3.09. The van der Waals surface area contributed by atoms with Gasteiger partial charge in [0.2, 0.25) is 0 Å². The van der Waals surface area contributed by atoms with Crippen LogP contribution < -0.4 is 0 Å². The van der Waals surface area contributed by atoms with Gasteiger partial charge in [-0.1, -0.05) is 24.3 Å². The number of hydrogen-bond acceptors (Lipinski definition) is 3.